The van der Waals surface area contributed by atoms with E-state index in [-0.39, 0.29) is 24.5 Å². The fourth-order valence-electron chi connectivity index (χ4n) is 4.42. The van der Waals surface area contributed by atoms with Crippen LogP contribution in [0, 0.1) is 20.2 Å². The molecule has 0 bridgehead atoms. The first-order valence-electron chi connectivity index (χ1n) is 11.6. The second kappa shape index (κ2) is 10.3. The number of carbonyl (C=O) groups is 2. The molecule has 0 aliphatic carbocycles. The Hall–Kier alpha value is -4.61. The molecule has 0 radical (unpaired) electrons. The summed E-state index contributed by atoms with van der Waals surface area (Å²) in [6.07, 6.45) is 1.49. The molecule has 0 saturated carbocycles. The minimum absolute atomic E-state index is 0.0809. The van der Waals surface area contributed by atoms with E-state index in [9.17, 15) is 29.8 Å². The van der Waals surface area contributed by atoms with Crippen molar-refractivity contribution in [3.8, 4) is 11.1 Å². The van der Waals surface area contributed by atoms with Gasteiger partial charge in [0.25, 0.3) is 17.3 Å². The van der Waals surface area contributed by atoms with Crippen molar-refractivity contribution in [2.75, 3.05) is 6.61 Å². The minimum atomic E-state index is -0.703. The number of fused-ring (bicyclic) bond motifs is 2. The third-order valence-electron chi connectivity index (χ3n) is 6.17. The number of rotatable bonds is 7. The van der Waals surface area contributed by atoms with Crippen molar-refractivity contribution in [3.05, 3.63) is 103 Å². The zero-order valence-corrected chi connectivity index (χ0v) is 21.8. The molecule has 2 aromatic heterocycles. The van der Waals surface area contributed by atoms with Crippen LogP contribution >= 0.6 is 22.9 Å². The van der Waals surface area contributed by atoms with Gasteiger partial charge in [-0.25, -0.2) is 0 Å². The fourth-order valence-corrected chi connectivity index (χ4v) is 5.51. The van der Waals surface area contributed by atoms with Crippen LogP contribution in [0.25, 0.3) is 32.1 Å². The highest BCUT2D eigenvalue weighted by molar-refractivity contribution is 7.17. The normalized spacial score (nSPS) is 11.1. The SMILES string of the molecule is CCOC(=O)Cc1cn(C(=O)c2csc3ccc(Cl)cc23)c2cc(-c3cc([N+](=O)[O-])cc([N+](=O)[O-])c3)ccc12. The molecule has 0 N–H and O–H groups in total. The second-order valence-corrected chi connectivity index (χ2v) is 9.93. The van der Waals surface area contributed by atoms with Gasteiger partial charge in [-0.3, -0.25) is 34.4 Å². The molecule has 0 aliphatic rings. The maximum Gasteiger partial charge on any atom is 0.310 e. The first kappa shape index (κ1) is 26.0. The van der Waals surface area contributed by atoms with Crippen molar-refractivity contribution in [1.29, 1.82) is 0 Å². The van der Waals surface area contributed by atoms with E-state index in [4.69, 9.17) is 16.3 Å². The zero-order chi connectivity index (χ0) is 27.8. The molecule has 2 heterocycles. The molecule has 12 heteroatoms. The van der Waals surface area contributed by atoms with E-state index in [1.54, 1.807) is 48.8 Å². The van der Waals surface area contributed by atoms with Gasteiger partial charge < -0.3 is 4.74 Å². The van der Waals surface area contributed by atoms with Crippen LogP contribution < -0.4 is 0 Å². The molecule has 3 aromatic carbocycles. The fraction of sp³-hybridized carbons (Fsp3) is 0.111. The lowest BCUT2D eigenvalue weighted by atomic mass is 10.0. The number of thiophene rings is 1. The Morgan fingerprint density at radius 3 is 2.33 bits per heavy atom. The topological polar surface area (TPSA) is 135 Å². The quantitative estimate of drug-likeness (QED) is 0.121. The van der Waals surface area contributed by atoms with Crippen LogP contribution in [0.1, 0.15) is 22.8 Å². The van der Waals surface area contributed by atoms with Crippen LogP contribution in [0.4, 0.5) is 11.4 Å². The molecule has 196 valence electrons. The van der Waals surface area contributed by atoms with Gasteiger partial charge in [-0.05, 0) is 47.9 Å². The minimum Gasteiger partial charge on any atom is -0.466 e. The maximum atomic E-state index is 13.8. The van der Waals surface area contributed by atoms with Crippen LogP contribution in [-0.2, 0) is 16.0 Å². The number of ether oxygens (including phenoxy) is 1. The Balaban J connectivity index is 1.70. The second-order valence-electron chi connectivity index (χ2n) is 8.59. The average Bonchev–Trinajstić information content (AvgIpc) is 3.49. The van der Waals surface area contributed by atoms with Crippen molar-refractivity contribution in [3.63, 3.8) is 0 Å². The van der Waals surface area contributed by atoms with Crippen LogP contribution in [0.15, 0.2) is 66.2 Å². The number of esters is 1. The average molecular weight is 564 g/mol. The molecule has 0 atom stereocenters. The van der Waals surface area contributed by atoms with Gasteiger partial charge in [0.05, 0.1) is 40.0 Å². The van der Waals surface area contributed by atoms with E-state index in [2.05, 4.69) is 0 Å². The number of hydrogen-bond donors (Lipinski definition) is 0. The third-order valence-corrected chi connectivity index (χ3v) is 7.37. The number of non-ortho nitro benzene ring substituents is 2. The number of nitrogens with zero attached hydrogens (tertiary/aromatic N) is 3. The van der Waals surface area contributed by atoms with Crippen molar-refractivity contribution >= 4 is 67.2 Å². The van der Waals surface area contributed by atoms with Gasteiger partial charge >= 0.3 is 5.97 Å². The molecule has 0 amide bonds. The molecule has 0 unspecified atom stereocenters. The van der Waals surface area contributed by atoms with Crippen molar-refractivity contribution in [2.45, 2.75) is 13.3 Å². The number of nitro benzene ring substituents is 2. The molecule has 5 rings (SSSR count). The molecule has 0 fully saturated rings. The lowest BCUT2D eigenvalue weighted by Crippen LogP contribution is -2.10. The monoisotopic (exact) mass is 563 g/mol. The summed E-state index contributed by atoms with van der Waals surface area (Å²) >= 11 is 7.57. The number of carbonyl (C=O) groups excluding carboxylic acids is 2. The summed E-state index contributed by atoms with van der Waals surface area (Å²) in [5.74, 6) is -0.832. The third kappa shape index (κ3) is 4.97. The van der Waals surface area contributed by atoms with E-state index >= 15 is 0 Å². The Morgan fingerprint density at radius 2 is 1.67 bits per heavy atom. The van der Waals surface area contributed by atoms with Gasteiger partial charge in [-0.1, -0.05) is 23.7 Å². The Morgan fingerprint density at radius 1 is 0.949 bits per heavy atom. The number of hydrogen-bond acceptors (Lipinski definition) is 8. The van der Waals surface area contributed by atoms with E-state index in [0.717, 1.165) is 10.8 Å². The predicted octanol–water partition coefficient (Wildman–Crippen LogP) is 6.79. The van der Waals surface area contributed by atoms with Gasteiger partial charge in [-0.2, -0.15) is 0 Å². The largest absolute Gasteiger partial charge is 0.466 e. The summed E-state index contributed by atoms with van der Waals surface area (Å²) in [5.41, 5.74) is 1.16. The summed E-state index contributed by atoms with van der Waals surface area (Å²) in [6, 6.07) is 13.6. The van der Waals surface area contributed by atoms with E-state index in [0.29, 0.717) is 38.0 Å². The molecule has 10 nitrogen and oxygen atoms in total. The van der Waals surface area contributed by atoms with E-state index in [1.807, 2.05) is 6.07 Å². The van der Waals surface area contributed by atoms with Gasteiger partial charge in [0.15, 0.2) is 0 Å². The van der Waals surface area contributed by atoms with E-state index in [1.165, 1.54) is 28.0 Å². The first-order valence-corrected chi connectivity index (χ1v) is 12.9. The van der Waals surface area contributed by atoms with Crippen LogP contribution in [-0.4, -0.2) is 32.9 Å². The predicted molar refractivity (Wildman–Crippen MR) is 148 cm³/mol. The molecule has 0 aliphatic heterocycles. The lowest BCUT2D eigenvalue weighted by Gasteiger charge is -2.07. The van der Waals surface area contributed by atoms with Crippen LogP contribution in [0.3, 0.4) is 0 Å². The molecular formula is C27H18ClN3O7S. The van der Waals surface area contributed by atoms with Crippen molar-refractivity contribution in [1.82, 2.24) is 4.57 Å². The van der Waals surface area contributed by atoms with Crippen molar-refractivity contribution < 1.29 is 24.2 Å². The summed E-state index contributed by atoms with van der Waals surface area (Å²) < 4.78 is 7.37. The van der Waals surface area contributed by atoms with Crippen molar-refractivity contribution in [2.24, 2.45) is 0 Å². The Kier molecular flexibility index (Phi) is 6.85. The molecule has 0 saturated heterocycles. The Bertz CT molecular complexity index is 1790. The summed E-state index contributed by atoms with van der Waals surface area (Å²) in [5, 5.41) is 26.3. The standard InChI is InChI=1S/C27H18ClN3O7S/c1-2-38-26(32)10-17-13-29(27(33)23-14-39-25-6-4-18(28)11-22(23)25)24-9-15(3-5-21(17)24)16-7-19(30(34)35)12-20(8-16)31(36)37/h3-9,11-14H,2,10H2,1H3. The lowest BCUT2D eigenvalue weighted by molar-refractivity contribution is -0.394. The van der Waals surface area contributed by atoms with Gasteiger partial charge in [-0.15, -0.1) is 11.3 Å². The highest BCUT2D eigenvalue weighted by Gasteiger charge is 2.22. The van der Waals surface area contributed by atoms with Gasteiger partial charge in [0.2, 0.25) is 0 Å². The van der Waals surface area contributed by atoms with Gasteiger partial charge in [0, 0.05) is 44.2 Å². The van der Waals surface area contributed by atoms with E-state index < -0.39 is 27.2 Å². The number of benzene rings is 3. The maximum absolute atomic E-state index is 13.8. The van der Waals surface area contributed by atoms with Gasteiger partial charge in [0.1, 0.15) is 0 Å². The number of aromatic nitrogens is 1. The zero-order valence-electron chi connectivity index (χ0n) is 20.3. The number of nitro groups is 2. The molecular weight excluding hydrogens is 546 g/mol. The van der Waals surface area contributed by atoms with Crippen LogP contribution in [0.5, 0.6) is 0 Å². The molecule has 5 aromatic rings. The highest BCUT2D eigenvalue weighted by atomic mass is 35.5. The summed E-state index contributed by atoms with van der Waals surface area (Å²) in [6.45, 7) is 1.90. The number of halogens is 1. The van der Waals surface area contributed by atoms with Crippen LogP contribution in [0.2, 0.25) is 5.02 Å². The smallest absolute Gasteiger partial charge is 0.310 e. The molecule has 39 heavy (non-hydrogen) atoms. The summed E-state index contributed by atoms with van der Waals surface area (Å²) in [7, 11) is 0. The molecule has 0 spiro atoms. The first-order chi connectivity index (χ1) is 18.7. The summed E-state index contributed by atoms with van der Waals surface area (Å²) in [4.78, 5) is 47.6. The Labute approximate surface area is 229 Å². The highest BCUT2D eigenvalue weighted by Crippen LogP contribution is 2.35.